The first-order chi connectivity index (χ1) is 14.6. The van der Waals surface area contributed by atoms with Crippen molar-refractivity contribution in [1.29, 1.82) is 0 Å². The van der Waals surface area contributed by atoms with E-state index in [1.807, 2.05) is 0 Å². The number of halogens is 1. The smallest absolute Gasteiger partial charge is 0.264 e. The van der Waals surface area contributed by atoms with Gasteiger partial charge in [-0.2, -0.15) is 0 Å². The molecule has 0 atom stereocenters. The molecule has 6 nitrogen and oxygen atoms in total. The lowest BCUT2D eigenvalue weighted by Crippen LogP contribution is -2.27. The summed E-state index contributed by atoms with van der Waals surface area (Å²) >= 11 is 0. The van der Waals surface area contributed by atoms with Crippen LogP contribution in [0, 0.1) is 19.7 Å². The maximum atomic E-state index is 13.6. The van der Waals surface area contributed by atoms with Crippen LogP contribution in [-0.4, -0.2) is 28.5 Å². The van der Waals surface area contributed by atoms with Crippen molar-refractivity contribution in [1.82, 2.24) is 0 Å². The Morgan fingerprint density at radius 1 is 1.00 bits per heavy atom. The average Bonchev–Trinajstić information content (AvgIpc) is 2.75. The van der Waals surface area contributed by atoms with E-state index < -0.39 is 21.7 Å². The second kappa shape index (κ2) is 8.77. The van der Waals surface area contributed by atoms with Crippen LogP contribution in [0.25, 0.3) is 0 Å². The van der Waals surface area contributed by atoms with Crippen LogP contribution in [-0.2, 0) is 10.0 Å². The first-order valence-corrected chi connectivity index (χ1v) is 10.9. The van der Waals surface area contributed by atoms with Crippen molar-refractivity contribution in [2.45, 2.75) is 18.7 Å². The molecule has 0 bridgehead atoms. The number of carbonyl (C=O) groups excluding carboxylic acids is 1. The second-order valence-corrected chi connectivity index (χ2v) is 9.00. The number of methoxy groups -OCH3 is 1. The minimum atomic E-state index is -3.97. The highest BCUT2D eigenvalue weighted by molar-refractivity contribution is 7.92. The minimum Gasteiger partial charge on any atom is -0.495 e. The number of nitrogens with zero attached hydrogens (tertiary/aromatic N) is 1. The fraction of sp³-hybridized carbons (Fsp3) is 0.174. The molecular formula is C23H23FN2O4S. The Kier molecular flexibility index (Phi) is 6.31. The third-order valence-corrected chi connectivity index (χ3v) is 6.75. The molecule has 0 aromatic heterocycles. The molecule has 0 aliphatic heterocycles. The number of carbonyl (C=O) groups is 1. The van der Waals surface area contributed by atoms with Gasteiger partial charge in [-0.05, 0) is 61.4 Å². The molecule has 0 saturated heterocycles. The molecule has 31 heavy (non-hydrogen) atoms. The molecule has 3 rings (SSSR count). The van der Waals surface area contributed by atoms with Crippen molar-refractivity contribution in [3.8, 4) is 5.75 Å². The van der Waals surface area contributed by atoms with E-state index in [-0.39, 0.29) is 10.5 Å². The summed E-state index contributed by atoms with van der Waals surface area (Å²) in [6.45, 7) is 3.44. The molecule has 162 valence electrons. The largest absolute Gasteiger partial charge is 0.495 e. The fourth-order valence-corrected chi connectivity index (χ4v) is 4.34. The zero-order valence-electron chi connectivity index (χ0n) is 17.6. The van der Waals surface area contributed by atoms with Gasteiger partial charge in [-0.25, -0.2) is 12.8 Å². The van der Waals surface area contributed by atoms with Crippen LogP contribution < -0.4 is 14.4 Å². The maximum absolute atomic E-state index is 13.6. The van der Waals surface area contributed by atoms with Gasteiger partial charge in [0.1, 0.15) is 11.6 Å². The summed E-state index contributed by atoms with van der Waals surface area (Å²) in [6.07, 6.45) is 0. The van der Waals surface area contributed by atoms with E-state index in [0.29, 0.717) is 28.3 Å². The van der Waals surface area contributed by atoms with Gasteiger partial charge in [-0.1, -0.05) is 24.3 Å². The summed E-state index contributed by atoms with van der Waals surface area (Å²) in [7, 11) is -1.09. The van der Waals surface area contributed by atoms with Crippen LogP contribution in [0.4, 0.5) is 15.8 Å². The van der Waals surface area contributed by atoms with E-state index in [2.05, 4.69) is 5.32 Å². The number of nitrogens with one attached hydrogen (secondary N) is 1. The average molecular weight is 443 g/mol. The van der Waals surface area contributed by atoms with Crippen LogP contribution >= 0.6 is 0 Å². The van der Waals surface area contributed by atoms with Crippen molar-refractivity contribution in [3.05, 3.63) is 83.2 Å². The highest BCUT2D eigenvalue weighted by atomic mass is 32.2. The van der Waals surface area contributed by atoms with Gasteiger partial charge < -0.3 is 10.1 Å². The standard InChI is InChI=1S/C23H23FN2O4S/c1-15-10-12-18(31(28,29)26(3)21-7-5-6-8-22(21)30-4)14-19(15)23(27)25-20-13-17(24)11-9-16(20)2/h5-14H,1-4H3,(H,25,27). The third kappa shape index (κ3) is 4.54. The Bertz CT molecular complexity index is 1240. The molecule has 0 heterocycles. The van der Waals surface area contributed by atoms with Crippen LogP contribution in [0.2, 0.25) is 0 Å². The molecule has 3 aromatic carbocycles. The molecule has 0 spiro atoms. The van der Waals surface area contributed by atoms with Crippen molar-refractivity contribution >= 4 is 27.3 Å². The molecule has 0 aliphatic carbocycles. The number of ether oxygens (including phenoxy) is 1. The van der Waals surface area contributed by atoms with Gasteiger partial charge in [0.15, 0.2) is 0 Å². The Morgan fingerprint density at radius 2 is 1.68 bits per heavy atom. The van der Waals surface area contributed by atoms with Crippen LogP contribution in [0.5, 0.6) is 5.75 Å². The first kappa shape index (κ1) is 22.3. The van der Waals surface area contributed by atoms with Gasteiger partial charge in [0.2, 0.25) is 0 Å². The number of hydrogen-bond donors (Lipinski definition) is 1. The molecule has 0 fully saturated rings. The monoisotopic (exact) mass is 442 g/mol. The molecule has 0 unspecified atom stereocenters. The summed E-state index contributed by atoms with van der Waals surface area (Å²) in [6, 6.07) is 15.2. The predicted octanol–water partition coefficient (Wildman–Crippen LogP) is 4.53. The Balaban J connectivity index is 1.98. The molecular weight excluding hydrogens is 419 g/mol. The summed E-state index contributed by atoms with van der Waals surface area (Å²) in [5.74, 6) is -0.601. The highest BCUT2D eigenvalue weighted by Crippen LogP contribution is 2.31. The fourth-order valence-electron chi connectivity index (χ4n) is 3.10. The lowest BCUT2D eigenvalue weighted by atomic mass is 10.1. The van der Waals surface area contributed by atoms with Crippen LogP contribution in [0.1, 0.15) is 21.5 Å². The summed E-state index contributed by atoms with van der Waals surface area (Å²) in [4.78, 5) is 12.8. The Hall–Kier alpha value is -3.39. The van der Waals surface area contributed by atoms with Gasteiger partial charge in [-0.3, -0.25) is 9.10 Å². The topological polar surface area (TPSA) is 75.7 Å². The number of benzene rings is 3. The molecule has 0 saturated carbocycles. The van der Waals surface area contributed by atoms with Gasteiger partial charge in [0, 0.05) is 18.3 Å². The van der Waals surface area contributed by atoms with Crippen molar-refractivity contribution in [2.75, 3.05) is 23.8 Å². The summed E-state index contributed by atoms with van der Waals surface area (Å²) < 4.78 is 46.4. The van der Waals surface area contributed by atoms with E-state index in [1.54, 1.807) is 50.2 Å². The van der Waals surface area contributed by atoms with E-state index in [9.17, 15) is 17.6 Å². The first-order valence-electron chi connectivity index (χ1n) is 9.45. The van der Waals surface area contributed by atoms with Crippen molar-refractivity contribution < 1.29 is 22.3 Å². The number of aryl methyl sites for hydroxylation is 2. The lowest BCUT2D eigenvalue weighted by molar-refractivity contribution is 0.102. The van der Waals surface area contributed by atoms with E-state index in [1.165, 1.54) is 38.4 Å². The Labute approximate surface area is 181 Å². The number of rotatable bonds is 6. The zero-order valence-corrected chi connectivity index (χ0v) is 18.5. The molecule has 0 aliphatic rings. The van der Waals surface area contributed by atoms with E-state index in [4.69, 9.17) is 4.74 Å². The quantitative estimate of drug-likeness (QED) is 0.609. The van der Waals surface area contributed by atoms with E-state index in [0.717, 1.165) is 4.31 Å². The highest BCUT2D eigenvalue weighted by Gasteiger charge is 2.25. The molecule has 3 aromatic rings. The van der Waals surface area contributed by atoms with Gasteiger partial charge in [-0.15, -0.1) is 0 Å². The number of para-hydroxylation sites is 2. The third-order valence-electron chi connectivity index (χ3n) is 4.98. The number of amides is 1. The van der Waals surface area contributed by atoms with E-state index >= 15 is 0 Å². The SMILES string of the molecule is COc1ccccc1N(C)S(=O)(=O)c1ccc(C)c(C(=O)Nc2cc(F)ccc2C)c1. The Morgan fingerprint density at radius 3 is 2.39 bits per heavy atom. The van der Waals surface area contributed by atoms with Crippen molar-refractivity contribution in [3.63, 3.8) is 0 Å². The lowest BCUT2D eigenvalue weighted by Gasteiger charge is -2.22. The number of sulfonamides is 1. The van der Waals surface area contributed by atoms with Crippen LogP contribution in [0.3, 0.4) is 0 Å². The van der Waals surface area contributed by atoms with Gasteiger partial charge in [0.25, 0.3) is 15.9 Å². The number of hydrogen-bond acceptors (Lipinski definition) is 4. The molecule has 1 N–H and O–H groups in total. The zero-order chi connectivity index (χ0) is 22.8. The second-order valence-electron chi connectivity index (χ2n) is 7.03. The minimum absolute atomic E-state index is 0.0485. The van der Waals surface area contributed by atoms with Crippen LogP contribution in [0.15, 0.2) is 65.6 Å². The van der Waals surface area contributed by atoms with Gasteiger partial charge >= 0.3 is 0 Å². The normalized spacial score (nSPS) is 11.1. The summed E-state index contributed by atoms with van der Waals surface area (Å²) in [5, 5.41) is 2.66. The predicted molar refractivity (Wildman–Crippen MR) is 119 cm³/mol. The molecule has 0 radical (unpaired) electrons. The van der Waals surface area contributed by atoms with Crippen molar-refractivity contribution in [2.24, 2.45) is 0 Å². The molecule has 1 amide bonds. The number of anilines is 2. The molecule has 8 heteroatoms. The summed E-state index contributed by atoms with van der Waals surface area (Å²) in [5.41, 5.74) is 2.14. The maximum Gasteiger partial charge on any atom is 0.264 e. The van der Waals surface area contributed by atoms with Gasteiger partial charge in [0.05, 0.1) is 17.7 Å².